The minimum Gasteiger partial charge on any atom is -0.336 e. The van der Waals surface area contributed by atoms with Crippen molar-refractivity contribution < 1.29 is 48.4 Å². The molecule has 4 aromatic rings. The van der Waals surface area contributed by atoms with E-state index in [2.05, 4.69) is 4.98 Å². The van der Waals surface area contributed by atoms with Crippen molar-refractivity contribution in [3.8, 4) is 11.1 Å². The van der Waals surface area contributed by atoms with E-state index in [0.29, 0.717) is 21.9 Å². The van der Waals surface area contributed by atoms with Crippen LogP contribution in [0.1, 0.15) is 74.8 Å². The number of nitrogens with zero attached hydrogens (tertiary/aromatic N) is 4. The van der Waals surface area contributed by atoms with Crippen LogP contribution in [-0.2, 0) is 42.5 Å². The largest absolute Gasteiger partial charge is 0.416 e. The molecule has 6 nitrogen and oxygen atoms in total. The Morgan fingerprint density at radius 1 is 1.02 bits per heavy atom. The average molecular weight is 700 g/mol. The number of amides is 1. The zero-order valence-electron chi connectivity index (χ0n) is 44.7. The van der Waals surface area contributed by atoms with E-state index < -0.39 is 160 Å². The van der Waals surface area contributed by atoms with Crippen molar-refractivity contribution in [3.05, 3.63) is 117 Å². The van der Waals surface area contributed by atoms with Gasteiger partial charge >= 0.3 is 6.18 Å². The number of aromatic nitrogens is 2. The molecule has 1 atom stereocenters. The number of benzene rings is 3. The molecule has 3 aromatic carbocycles. The fourth-order valence-electron chi connectivity index (χ4n) is 4.20. The highest BCUT2D eigenvalue weighted by molar-refractivity contribution is 7.98. The smallest absolute Gasteiger partial charge is 0.336 e. The summed E-state index contributed by atoms with van der Waals surface area (Å²) in [5.74, 6) is -5.57. The molecule has 5 rings (SSSR count). The summed E-state index contributed by atoms with van der Waals surface area (Å²) < 4.78 is 223. The number of thioether (sulfide) groups is 1. The van der Waals surface area contributed by atoms with E-state index in [4.69, 9.17) is 20.6 Å². The van der Waals surface area contributed by atoms with Crippen molar-refractivity contribution in [2.45, 2.75) is 63.6 Å². The molecule has 1 aliphatic rings. The van der Waals surface area contributed by atoms with Crippen LogP contribution in [0.2, 0.25) is 0 Å². The van der Waals surface area contributed by atoms with Crippen LogP contribution in [0, 0.1) is 11.7 Å². The number of hydrogen-bond acceptors (Lipinski definition) is 5. The van der Waals surface area contributed by atoms with Crippen molar-refractivity contribution in [1.29, 1.82) is 0 Å². The Kier molecular flexibility index (Phi) is 5.86. The molecule has 0 N–H and O–H groups in total. The highest BCUT2D eigenvalue weighted by atomic mass is 32.2. The van der Waals surface area contributed by atoms with Crippen molar-refractivity contribution in [1.82, 2.24) is 19.4 Å². The van der Waals surface area contributed by atoms with Gasteiger partial charge in [0.05, 0.1) is 22.0 Å². The fraction of sp³-hybridized carbons (Fsp3) is 0.378. The number of rotatable bonds is 13. The molecule has 1 amide bonds. The standard InChI is InChI=1S/C37H40F4N4O2S/c1-4-43(5-2)18-19-44(22-26-6-10-28(11-7-26)29-12-14-30(15-13-29)37(39,40)41)34(46)23-45-33-21-25(3)20-32(33)35(47)42-36(45)48-24-27-8-16-31(38)17-9-27/h6-17,25H,4-5,18-24H2,1-3H3/i6D,7D,10D,11D,12D,13D,14D,15D,18D2,19D2,20D2,21D2,22D2,25D. The monoisotopic (exact) mass is 699 g/mol. The van der Waals surface area contributed by atoms with Gasteiger partial charge in [-0.15, -0.1) is 0 Å². The second-order valence-corrected chi connectivity index (χ2v) is 11.0. The first-order chi connectivity index (χ1) is 30.4. The van der Waals surface area contributed by atoms with E-state index in [1.54, 1.807) is 0 Å². The number of fused-ring (bicyclic) bond motifs is 1. The fourth-order valence-corrected chi connectivity index (χ4v) is 5.15. The third-order valence-electron chi connectivity index (χ3n) is 6.68. The first-order valence-corrected chi connectivity index (χ1v) is 15.3. The van der Waals surface area contributed by atoms with Gasteiger partial charge in [0.1, 0.15) is 12.4 Å². The molecule has 1 heterocycles. The lowest BCUT2D eigenvalue weighted by Crippen LogP contribution is -2.40. The summed E-state index contributed by atoms with van der Waals surface area (Å²) in [5, 5.41) is -0.600. The van der Waals surface area contributed by atoms with Crippen LogP contribution in [0.15, 0.2) is 82.6 Å². The second-order valence-electron chi connectivity index (χ2n) is 10.0. The minimum absolute atomic E-state index is 0.207. The molecule has 1 aromatic heterocycles. The molecule has 0 radical (unpaired) electrons. The molecule has 0 spiro atoms. The predicted octanol–water partition coefficient (Wildman–Crippen LogP) is 7.47. The first kappa shape index (κ1) is 18.2. The SMILES string of the molecule is [2H]c1c([2H])c(C(F)(F)F)c([2H])c([2H])c1-c1c([2H])c([2H])c(C([2H])([2H])N(C(=O)Cn2c(SCc3ccc(F)cc3)nc(=O)c3c2C([2H])([2H])C([2H])(C)C3([2H])[2H])C([2H])([2H])C([2H])([2H])N(CC)CC)c([2H])c1[2H]. The molecule has 1 aliphatic carbocycles. The summed E-state index contributed by atoms with van der Waals surface area (Å²) in [6.07, 6.45) is -11.8. The Balaban J connectivity index is 1.84. The van der Waals surface area contributed by atoms with Gasteiger partial charge < -0.3 is 14.4 Å². The van der Waals surface area contributed by atoms with Gasteiger partial charge in [-0.25, -0.2) is 4.39 Å². The van der Waals surface area contributed by atoms with Gasteiger partial charge in [-0.3, -0.25) is 9.59 Å². The Hall–Kier alpha value is -3.96. The molecule has 0 saturated carbocycles. The van der Waals surface area contributed by atoms with Gasteiger partial charge in [-0.05, 0) is 78.2 Å². The van der Waals surface area contributed by atoms with Gasteiger partial charge in [-0.1, -0.05) is 80.9 Å². The Morgan fingerprint density at radius 2 is 1.65 bits per heavy atom. The van der Waals surface area contributed by atoms with Gasteiger partial charge in [-0.2, -0.15) is 18.2 Å². The molecule has 0 aliphatic heterocycles. The summed E-state index contributed by atoms with van der Waals surface area (Å²) in [6.45, 7) is -10.1. The summed E-state index contributed by atoms with van der Waals surface area (Å²) in [4.78, 5) is 32.9. The van der Waals surface area contributed by atoms with E-state index >= 15 is 4.79 Å². The van der Waals surface area contributed by atoms with Crippen LogP contribution in [0.4, 0.5) is 17.6 Å². The molecule has 48 heavy (non-hydrogen) atoms. The molecule has 11 heteroatoms. The molecular weight excluding hydrogens is 640 g/mol. The van der Waals surface area contributed by atoms with Crippen LogP contribution < -0.4 is 5.56 Å². The highest BCUT2D eigenvalue weighted by Crippen LogP contribution is 2.32. The maximum atomic E-state index is 15.1. The van der Waals surface area contributed by atoms with Crippen molar-refractivity contribution >= 4 is 17.7 Å². The lowest BCUT2D eigenvalue weighted by Gasteiger charge is -2.28. The van der Waals surface area contributed by atoms with Crippen molar-refractivity contribution in [2.24, 2.45) is 5.89 Å². The summed E-state index contributed by atoms with van der Waals surface area (Å²) >= 11 is 0.594. The van der Waals surface area contributed by atoms with E-state index in [9.17, 15) is 27.8 Å². The van der Waals surface area contributed by atoms with Gasteiger partial charge in [0.25, 0.3) is 5.56 Å². The first-order valence-electron chi connectivity index (χ1n) is 23.8. The maximum absolute atomic E-state index is 15.1. The van der Waals surface area contributed by atoms with Gasteiger partial charge in [0.2, 0.25) is 5.91 Å². The number of alkyl halides is 3. The predicted molar refractivity (Wildman–Crippen MR) is 181 cm³/mol. The third-order valence-corrected chi connectivity index (χ3v) is 7.73. The average Bonchev–Trinajstić information content (AvgIpc) is 3.31. The molecule has 0 fully saturated rings. The van der Waals surface area contributed by atoms with Crippen molar-refractivity contribution in [2.75, 3.05) is 26.1 Å². The van der Waals surface area contributed by atoms with Crippen LogP contribution in [-0.4, -0.2) is 51.3 Å². The maximum Gasteiger partial charge on any atom is 0.416 e. The topological polar surface area (TPSA) is 58.4 Å². The van der Waals surface area contributed by atoms with E-state index in [0.717, 1.165) is 24.0 Å². The van der Waals surface area contributed by atoms with E-state index in [1.807, 2.05) is 0 Å². The van der Waals surface area contributed by atoms with E-state index in [1.165, 1.54) is 26.0 Å². The number of likely N-dealkylation sites (N-methyl/N-ethyl adjacent to an activating group) is 1. The van der Waals surface area contributed by atoms with Crippen LogP contribution >= 0.6 is 11.8 Å². The van der Waals surface area contributed by atoms with Crippen LogP contribution in [0.5, 0.6) is 0 Å². The number of hydrogen-bond donors (Lipinski definition) is 0. The lowest BCUT2D eigenvalue weighted by atomic mass is 10.0. The molecular formula is C37H40F4N4O2S. The summed E-state index contributed by atoms with van der Waals surface area (Å²) in [6, 6.07) is -7.33. The Morgan fingerprint density at radius 3 is 2.25 bits per heavy atom. The normalized spacial score (nSPS) is 24.6. The zero-order chi connectivity index (χ0) is 51.3. The van der Waals surface area contributed by atoms with Crippen LogP contribution in [0.3, 0.4) is 0 Å². The third kappa shape index (κ3) is 8.73. The molecule has 0 saturated heterocycles. The molecule has 1 unspecified atom stereocenters. The zero-order valence-corrected chi connectivity index (χ0v) is 26.5. The van der Waals surface area contributed by atoms with Gasteiger partial charge in [0, 0.05) is 46.1 Å². The van der Waals surface area contributed by atoms with E-state index in [-0.39, 0.29) is 18.8 Å². The number of carbonyl (C=O) groups excluding carboxylic acids is 1. The molecule has 254 valence electrons. The quantitative estimate of drug-likeness (QED) is 0.0824. The Bertz CT molecular complexity index is 2660. The second kappa shape index (κ2) is 15.5. The number of halogens is 4. The number of carbonyl (C=O) groups is 1. The summed E-state index contributed by atoms with van der Waals surface area (Å²) in [5.41, 5.74) is -8.91. The molecule has 0 bridgehead atoms. The van der Waals surface area contributed by atoms with Crippen molar-refractivity contribution in [3.63, 3.8) is 0 Å². The van der Waals surface area contributed by atoms with Crippen LogP contribution in [0.25, 0.3) is 11.1 Å². The van der Waals surface area contributed by atoms with Gasteiger partial charge in [0.15, 0.2) is 5.16 Å². The summed E-state index contributed by atoms with van der Waals surface area (Å²) in [7, 11) is 0. The minimum atomic E-state index is -5.43. The highest BCUT2D eigenvalue weighted by Gasteiger charge is 2.30. The Labute approximate surface area is 309 Å². The lowest BCUT2D eigenvalue weighted by molar-refractivity contribution is -0.137.